The van der Waals surface area contributed by atoms with Crippen LogP contribution in [0.4, 0.5) is 4.79 Å². The zero-order chi connectivity index (χ0) is 10.5. The first-order valence-corrected chi connectivity index (χ1v) is 5.47. The number of hydrogen-bond donors (Lipinski definition) is 2. The Labute approximate surface area is 90.0 Å². The number of carbonyl (C=O) groups excluding carboxylic acids is 1. The third-order valence-electron chi connectivity index (χ3n) is 2.74. The fraction of sp³-hybridized carbons (Fsp3) is 0.545. The van der Waals surface area contributed by atoms with Crippen LogP contribution in [0.15, 0.2) is 24.4 Å². The number of allylic oxidation sites excluding steroid dienone is 2. The number of urea groups is 1. The van der Waals surface area contributed by atoms with Crippen LogP contribution in [-0.4, -0.2) is 36.6 Å². The minimum Gasteiger partial charge on any atom is -0.335 e. The van der Waals surface area contributed by atoms with Crippen molar-refractivity contribution >= 4 is 6.03 Å². The number of amides is 2. The number of carbonyl (C=O) groups is 1. The molecule has 82 valence electrons. The Balaban J connectivity index is 1.80. The van der Waals surface area contributed by atoms with Crippen LogP contribution in [0.1, 0.15) is 12.8 Å². The molecule has 4 heteroatoms. The Kier molecular flexibility index (Phi) is 3.40. The number of hydrogen-bond acceptors (Lipinski definition) is 2. The molecule has 2 aliphatic heterocycles. The lowest BCUT2D eigenvalue weighted by Gasteiger charge is -2.27. The van der Waals surface area contributed by atoms with Crippen molar-refractivity contribution in [3.05, 3.63) is 24.4 Å². The van der Waals surface area contributed by atoms with Crippen molar-refractivity contribution in [2.45, 2.75) is 18.9 Å². The Hall–Kier alpha value is -1.29. The van der Waals surface area contributed by atoms with Gasteiger partial charge in [0.25, 0.3) is 0 Å². The highest BCUT2D eigenvalue weighted by molar-refractivity contribution is 5.76. The van der Waals surface area contributed by atoms with Crippen molar-refractivity contribution < 1.29 is 4.79 Å². The van der Waals surface area contributed by atoms with Gasteiger partial charge in [-0.15, -0.1) is 0 Å². The van der Waals surface area contributed by atoms with E-state index < -0.39 is 0 Å². The van der Waals surface area contributed by atoms with Gasteiger partial charge in [-0.3, -0.25) is 4.90 Å². The maximum Gasteiger partial charge on any atom is 0.321 e. The molecule has 0 atom stereocenters. The number of nitrogens with zero attached hydrogens (tertiary/aromatic N) is 1. The third kappa shape index (κ3) is 2.83. The van der Waals surface area contributed by atoms with E-state index in [0.29, 0.717) is 12.6 Å². The van der Waals surface area contributed by atoms with Gasteiger partial charge in [-0.05, 0) is 32.0 Å². The largest absolute Gasteiger partial charge is 0.335 e. The van der Waals surface area contributed by atoms with Crippen LogP contribution in [0.3, 0.4) is 0 Å². The molecule has 1 saturated heterocycles. The lowest BCUT2D eigenvalue weighted by molar-refractivity contribution is 0.211. The number of rotatable bonds is 1. The van der Waals surface area contributed by atoms with Crippen LogP contribution in [0.5, 0.6) is 0 Å². The SMILES string of the molecule is O=C(NC1CCNCC1)N1C=CC=CC1. The Bertz CT molecular complexity index is 280. The third-order valence-corrected chi connectivity index (χ3v) is 2.74. The second-order valence-corrected chi connectivity index (χ2v) is 3.90. The van der Waals surface area contributed by atoms with Crippen LogP contribution >= 0.6 is 0 Å². The molecule has 0 aliphatic carbocycles. The quantitative estimate of drug-likeness (QED) is 0.669. The number of piperidine rings is 1. The summed E-state index contributed by atoms with van der Waals surface area (Å²) in [6.45, 7) is 2.68. The maximum atomic E-state index is 11.8. The molecule has 15 heavy (non-hydrogen) atoms. The van der Waals surface area contributed by atoms with Gasteiger partial charge >= 0.3 is 6.03 Å². The Morgan fingerprint density at radius 1 is 1.33 bits per heavy atom. The minimum atomic E-state index is 0.0162. The van der Waals surface area contributed by atoms with E-state index in [1.54, 1.807) is 4.90 Å². The number of nitrogens with one attached hydrogen (secondary N) is 2. The molecule has 0 aromatic rings. The summed E-state index contributed by atoms with van der Waals surface area (Å²) >= 11 is 0. The molecule has 2 aliphatic rings. The van der Waals surface area contributed by atoms with E-state index in [1.807, 2.05) is 24.4 Å². The highest BCUT2D eigenvalue weighted by atomic mass is 16.2. The minimum absolute atomic E-state index is 0.0162. The molecule has 0 aromatic carbocycles. The van der Waals surface area contributed by atoms with E-state index in [1.165, 1.54) is 0 Å². The summed E-state index contributed by atoms with van der Waals surface area (Å²) in [7, 11) is 0. The van der Waals surface area contributed by atoms with Gasteiger partial charge in [-0.2, -0.15) is 0 Å². The van der Waals surface area contributed by atoms with Crippen LogP contribution < -0.4 is 10.6 Å². The normalized spacial score (nSPS) is 21.7. The van der Waals surface area contributed by atoms with Crippen LogP contribution in [0.2, 0.25) is 0 Å². The average Bonchev–Trinajstić information content (AvgIpc) is 2.31. The molecule has 0 saturated carbocycles. The Morgan fingerprint density at radius 3 is 2.80 bits per heavy atom. The zero-order valence-electron chi connectivity index (χ0n) is 8.78. The molecule has 4 nitrogen and oxygen atoms in total. The van der Waals surface area contributed by atoms with E-state index in [9.17, 15) is 4.79 Å². The first kappa shape index (κ1) is 10.2. The van der Waals surface area contributed by atoms with Crippen molar-refractivity contribution in [2.24, 2.45) is 0 Å². The van der Waals surface area contributed by atoms with Gasteiger partial charge in [0, 0.05) is 18.8 Å². The lowest BCUT2D eigenvalue weighted by Crippen LogP contribution is -2.47. The van der Waals surface area contributed by atoms with Crippen LogP contribution in [0.25, 0.3) is 0 Å². The second kappa shape index (κ2) is 4.98. The summed E-state index contributed by atoms with van der Waals surface area (Å²) in [6.07, 6.45) is 9.68. The fourth-order valence-electron chi connectivity index (χ4n) is 1.84. The molecule has 2 heterocycles. The monoisotopic (exact) mass is 207 g/mol. The van der Waals surface area contributed by atoms with Gasteiger partial charge < -0.3 is 10.6 Å². The predicted octanol–water partition coefficient (Wildman–Crippen LogP) is 0.833. The molecule has 0 bridgehead atoms. The summed E-state index contributed by atoms with van der Waals surface area (Å²) in [6, 6.07) is 0.348. The summed E-state index contributed by atoms with van der Waals surface area (Å²) in [4.78, 5) is 13.5. The van der Waals surface area contributed by atoms with Crippen molar-refractivity contribution in [1.29, 1.82) is 0 Å². The van der Waals surface area contributed by atoms with Gasteiger partial charge in [-0.1, -0.05) is 12.2 Å². The van der Waals surface area contributed by atoms with Crippen molar-refractivity contribution in [2.75, 3.05) is 19.6 Å². The van der Waals surface area contributed by atoms with Gasteiger partial charge in [-0.25, -0.2) is 4.79 Å². The molecule has 0 aromatic heterocycles. The van der Waals surface area contributed by atoms with Gasteiger partial charge in [0.1, 0.15) is 0 Å². The second-order valence-electron chi connectivity index (χ2n) is 3.90. The molecule has 2 amide bonds. The van der Waals surface area contributed by atoms with Gasteiger partial charge in [0.2, 0.25) is 0 Å². The van der Waals surface area contributed by atoms with E-state index >= 15 is 0 Å². The maximum absolute atomic E-state index is 11.8. The smallest absolute Gasteiger partial charge is 0.321 e. The molecule has 2 N–H and O–H groups in total. The topological polar surface area (TPSA) is 44.4 Å². The van der Waals surface area contributed by atoms with Gasteiger partial charge in [0.05, 0.1) is 0 Å². The van der Waals surface area contributed by atoms with Crippen molar-refractivity contribution in [3.8, 4) is 0 Å². The summed E-state index contributed by atoms with van der Waals surface area (Å²) in [5, 5.41) is 6.33. The van der Waals surface area contributed by atoms with E-state index in [-0.39, 0.29) is 6.03 Å². The molecule has 0 unspecified atom stereocenters. The fourth-order valence-corrected chi connectivity index (χ4v) is 1.84. The first-order chi connectivity index (χ1) is 7.36. The summed E-state index contributed by atoms with van der Waals surface area (Å²) < 4.78 is 0. The zero-order valence-corrected chi connectivity index (χ0v) is 8.78. The van der Waals surface area contributed by atoms with Crippen molar-refractivity contribution in [1.82, 2.24) is 15.5 Å². The van der Waals surface area contributed by atoms with Crippen LogP contribution in [0, 0.1) is 0 Å². The highest BCUT2D eigenvalue weighted by Crippen LogP contribution is 2.04. The lowest BCUT2D eigenvalue weighted by atomic mass is 10.1. The molecule has 0 spiro atoms. The molecule has 2 rings (SSSR count). The molecular weight excluding hydrogens is 190 g/mol. The molecule has 0 radical (unpaired) electrons. The molecular formula is C11H17N3O. The standard InChI is InChI=1S/C11H17N3O/c15-11(14-8-2-1-3-9-14)13-10-4-6-12-7-5-10/h1-3,8,10,12H,4-7,9H2,(H,13,15). The average molecular weight is 207 g/mol. The molecule has 1 fully saturated rings. The first-order valence-electron chi connectivity index (χ1n) is 5.47. The van der Waals surface area contributed by atoms with E-state index in [0.717, 1.165) is 25.9 Å². The summed E-state index contributed by atoms with van der Waals surface area (Å²) in [5.74, 6) is 0. The Morgan fingerprint density at radius 2 is 2.13 bits per heavy atom. The van der Waals surface area contributed by atoms with Gasteiger partial charge in [0.15, 0.2) is 0 Å². The predicted molar refractivity (Wildman–Crippen MR) is 59.4 cm³/mol. The highest BCUT2D eigenvalue weighted by Gasteiger charge is 2.18. The van der Waals surface area contributed by atoms with E-state index in [4.69, 9.17) is 0 Å². The van der Waals surface area contributed by atoms with E-state index in [2.05, 4.69) is 10.6 Å². The summed E-state index contributed by atoms with van der Waals surface area (Å²) in [5.41, 5.74) is 0. The van der Waals surface area contributed by atoms with Crippen molar-refractivity contribution in [3.63, 3.8) is 0 Å². The van der Waals surface area contributed by atoms with Crippen LogP contribution in [-0.2, 0) is 0 Å².